The van der Waals surface area contributed by atoms with E-state index in [0.717, 1.165) is 17.7 Å². The van der Waals surface area contributed by atoms with Gasteiger partial charge in [0.05, 0.1) is 16.0 Å². The molecule has 0 spiro atoms. The second-order valence-corrected chi connectivity index (χ2v) is 5.19. The highest BCUT2D eigenvalue weighted by molar-refractivity contribution is 7.10. The zero-order valence-corrected chi connectivity index (χ0v) is 10.2. The third-order valence-electron chi connectivity index (χ3n) is 2.67. The molecule has 1 aliphatic carbocycles. The number of hydrogen-bond acceptors (Lipinski definition) is 3. The Morgan fingerprint density at radius 2 is 2.40 bits per heavy atom. The molecule has 2 rings (SSSR count). The topological polar surface area (TPSA) is 29.5 Å². The van der Waals surface area contributed by atoms with E-state index in [0.29, 0.717) is 17.5 Å². The van der Waals surface area contributed by atoms with E-state index in [1.54, 1.807) is 0 Å². The molecule has 4 heteroatoms. The molecule has 2 nitrogen and oxygen atoms in total. The van der Waals surface area contributed by atoms with Crippen LogP contribution >= 0.6 is 22.9 Å². The molecule has 84 valence electrons. The lowest BCUT2D eigenvalue weighted by atomic mass is 10.1. The van der Waals surface area contributed by atoms with Gasteiger partial charge in [0, 0.05) is 6.61 Å². The van der Waals surface area contributed by atoms with Crippen molar-refractivity contribution < 1.29 is 9.84 Å². The molecule has 0 amide bonds. The van der Waals surface area contributed by atoms with Crippen LogP contribution in [0.5, 0.6) is 0 Å². The Morgan fingerprint density at radius 3 is 2.87 bits per heavy atom. The Morgan fingerprint density at radius 1 is 1.67 bits per heavy atom. The van der Waals surface area contributed by atoms with E-state index in [2.05, 4.69) is 0 Å². The quantitative estimate of drug-likeness (QED) is 0.864. The van der Waals surface area contributed by atoms with E-state index in [1.807, 2.05) is 18.4 Å². The molecule has 15 heavy (non-hydrogen) atoms. The van der Waals surface area contributed by atoms with Gasteiger partial charge in [0.15, 0.2) is 0 Å². The van der Waals surface area contributed by atoms with E-state index in [9.17, 15) is 5.11 Å². The lowest BCUT2D eigenvalue weighted by molar-refractivity contribution is -0.0446. The van der Waals surface area contributed by atoms with Crippen LogP contribution in [0.2, 0.25) is 5.02 Å². The molecule has 1 N–H and O–H groups in total. The lowest BCUT2D eigenvalue weighted by Gasteiger charge is -2.22. The van der Waals surface area contributed by atoms with E-state index in [1.165, 1.54) is 11.3 Å². The number of hydrogen-bond donors (Lipinski definition) is 1. The molecule has 1 aliphatic rings. The zero-order chi connectivity index (χ0) is 10.8. The summed E-state index contributed by atoms with van der Waals surface area (Å²) in [5.41, 5.74) is 0. The molecule has 2 unspecified atom stereocenters. The zero-order valence-electron chi connectivity index (χ0n) is 8.65. The number of aliphatic hydroxyl groups excluding tert-OH is 1. The summed E-state index contributed by atoms with van der Waals surface area (Å²) in [6, 6.07) is 1.82. The molecule has 0 aromatic carbocycles. The van der Waals surface area contributed by atoms with Gasteiger partial charge < -0.3 is 9.84 Å². The Hall–Kier alpha value is -0.0900. The van der Waals surface area contributed by atoms with E-state index in [4.69, 9.17) is 16.3 Å². The third-order valence-corrected chi connectivity index (χ3v) is 4.10. The molecule has 1 heterocycles. The van der Waals surface area contributed by atoms with Crippen molar-refractivity contribution in [2.45, 2.75) is 32.0 Å². The summed E-state index contributed by atoms with van der Waals surface area (Å²) in [5.74, 6) is 0.512. The molecule has 0 saturated heterocycles. The molecule has 1 fully saturated rings. The van der Waals surface area contributed by atoms with Crippen LogP contribution in [0.4, 0.5) is 0 Å². The van der Waals surface area contributed by atoms with Crippen molar-refractivity contribution in [1.29, 1.82) is 0 Å². The SMILES string of the molecule is CCOC(C1CC1)C(O)c1sccc1Cl. The highest BCUT2D eigenvalue weighted by Crippen LogP contribution is 2.42. The van der Waals surface area contributed by atoms with Gasteiger partial charge in [0.2, 0.25) is 0 Å². The Kier molecular flexibility index (Phi) is 3.67. The summed E-state index contributed by atoms with van der Waals surface area (Å²) >= 11 is 7.49. The minimum Gasteiger partial charge on any atom is -0.385 e. The molecule has 0 radical (unpaired) electrons. The van der Waals surface area contributed by atoms with Gasteiger partial charge in [-0.15, -0.1) is 11.3 Å². The maximum absolute atomic E-state index is 10.2. The average Bonchev–Trinajstić information content (AvgIpc) is 2.97. The van der Waals surface area contributed by atoms with Gasteiger partial charge >= 0.3 is 0 Å². The highest BCUT2D eigenvalue weighted by atomic mass is 35.5. The van der Waals surface area contributed by atoms with Crippen molar-refractivity contribution in [3.8, 4) is 0 Å². The molecule has 1 saturated carbocycles. The van der Waals surface area contributed by atoms with Gasteiger partial charge in [-0.3, -0.25) is 0 Å². The number of ether oxygens (including phenoxy) is 1. The first-order chi connectivity index (χ1) is 7.24. The number of rotatable bonds is 5. The van der Waals surface area contributed by atoms with Crippen LogP contribution in [0, 0.1) is 5.92 Å². The fourth-order valence-corrected chi connectivity index (χ4v) is 2.96. The summed E-state index contributed by atoms with van der Waals surface area (Å²) in [4.78, 5) is 0.835. The first-order valence-electron chi connectivity index (χ1n) is 5.26. The number of aliphatic hydroxyl groups is 1. The van der Waals surface area contributed by atoms with Gasteiger partial charge in [-0.1, -0.05) is 11.6 Å². The normalized spacial score (nSPS) is 20.2. The second-order valence-electron chi connectivity index (χ2n) is 3.84. The predicted octanol–water partition coefficient (Wildman–Crippen LogP) is 3.25. The van der Waals surface area contributed by atoms with Crippen molar-refractivity contribution >= 4 is 22.9 Å². The third kappa shape index (κ3) is 2.53. The van der Waals surface area contributed by atoms with Crippen LogP contribution in [-0.2, 0) is 4.74 Å². The van der Waals surface area contributed by atoms with Crippen LogP contribution in [0.1, 0.15) is 30.7 Å². The molecular formula is C11H15ClO2S. The van der Waals surface area contributed by atoms with Crippen LogP contribution < -0.4 is 0 Å². The first-order valence-corrected chi connectivity index (χ1v) is 6.52. The fourth-order valence-electron chi connectivity index (χ4n) is 1.77. The van der Waals surface area contributed by atoms with Crippen molar-refractivity contribution in [2.24, 2.45) is 5.92 Å². The minimum absolute atomic E-state index is 0.0776. The lowest BCUT2D eigenvalue weighted by Crippen LogP contribution is -2.24. The summed E-state index contributed by atoms with van der Waals surface area (Å²) in [5, 5.41) is 12.7. The van der Waals surface area contributed by atoms with Gasteiger partial charge in [-0.25, -0.2) is 0 Å². The van der Waals surface area contributed by atoms with Gasteiger partial charge in [-0.05, 0) is 37.1 Å². The summed E-state index contributed by atoms with van der Waals surface area (Å²) in [6.07, 6.45) is 1.67. The summed E-state index contributed by atoms with van der Waals surface area (Å²) in [7, 11) is 0. The minimum atomic E-state index is -0.565. The Labute approximate surface area is 98.8 Å². The smallest absolute Gasteiger partial charge is 0.116 e. The molecule has 0 bridgehead atoms. The van der Waals surface area contributed by atoms with E-state index < -0.39 is 6.10 Å². The fraction of sp³-hybridized carbons (Fsp3) is 0.636. The van der Waals surface area contributed by atoms with Gasteiger partial charge in [-0.2, -0.15) is 0 Å². The number of thiophene rings is 1. The maximum atomic E-state index is 10.2. The Bertz CT molecular complexity index is 322. The summed E-state index contributed by atoms with van der Waals surface area (Å²) in [6.45, 7) is 2.60. The van der Waals surface area contributed by atoms with Gasteiger partial charge in [0.25, 0.3) is 0 Å². The molecule has 1 aromatic heterocycles. The maximum Gasteiger partial charge on any atom is 0.116 e. The molecular weight excluding hydrogens is 232 g/mol. The molecule has 0 aliphatic heterocycles. The van der Waals surface area contributed by atoms with Crippen molar-refractivity contribution in [1.82, 2.24) is 0 Å². The Balaban J connectivity index is 2.10. The average molecular weight is 247 g/mol. The van der Waals surface area contributed by atoms with Crippen molar-refractivity contribution in [3.05, 3.63) is 21.3 Å². The van der Waals surface area contributed by atoms with Crippen molar-refractivity contribution in [3.63, 3.8) is 0 Å². The van der Waals surface area contributed by atoms with E-state index >= 15 is 0 Å². The van der Waals surface area contributed by atoms with Crippen LogP contribution in [-0.4, -0.2) is 17.8 Å². The molecule has 1 aromatic rings. The van der Waals surface area contributed by atoms with Crippen LogP contribution in [0.15, 0.2) is 11.4 Å². The van der Waals surface area contributed by atoms with Crippen molar-refractivity contribution in [2.75, 3.05) is 6.61 Å². The highest BCUT2D eigenvalue weighted by Gasteiger charge is 2.38. The monoisotopic (exact) mass is 246 g/mol. The predicted molar refractivity (Wildman–Crippen MR) is 62.4 cm³/mol. The first kappa shape index (κ1) is 11.4. The molecule has 2 atom stereocenters. The van der Waals surface area contributed by atoms with Crippen LogP contribution in [0.25, 0.3) is 0 Å². The standard InChI is InChI=1S/C11H15ClO2S/c1-2-14-10(7-3-4-7)9(13)11-8(12)5-6-15-11/h5-7,9-10,13H,2-4H2,1H3. The summed E-state index contributed by atoms with van der Waals surface area (Å²) < 4.78 is 5.60. The van der Waals surface area contributed by atoms with Gasteiger partial charge in [0.1, 0.15) is 6.10 Å². The second kappa shape index (κ2) is 4.83. The largest absolute Gasteiger partial charge is 0.385 e. The number of halogens is 1. The van der Waals surface area contributed by atoms with E-state index in [-0.39, 0.29) is 6.10 Å². The van der Waals surface area contributed by atoms with Crippen LogP contribution in [0.3, 0.4) is 0 Å².